The van der Waals surface area contributed by atoms with Crippen LogP contribution in [0.1, 0.15) is 24.1 Å². The molecule has 2 aliphatic heterocycles. The summed E-state index contributed by atoms with van der Waals surface area (Å²) in [5.41, 5.74) is 2.45. The summed E-state index contributed by atoms with van der Waals surface area (Å²) in [6.07, 6.45) is 0. The molecule has 0 aromatic heterocycles. The largest absolute Gasteiger partial charge is 0.370 e. The summed E-state index contributed by atoms with van der Waals surface area (Å²) in [5.74, 6) is 0.642. The lowest BCUT2D eigenvalue weighted by molar-refractivity contribution is -0.0392. The predicted molar refractivity (Wildman–Crippen MR) is 86.7 cm³/mol. The molecule has 2 aromatic rings. The van der Waals surface area contributed by atoms with Crippen LogP contribution in [0.5, 0.6) is 0 Å². The second-order valence-corrected chi connectivity index (χ2v) is 6.58. The molecule has 0 aliphatic carbocycles. The van der Waals surface area contributed by atoms with Crippen LogP contribution in [-0.2, 0) is 0 Å². The number of thioether (sulfide) groups is 1. The number of aliphatic hydroxyl groups is 1. The van der Waals surface area contributed by atoms with Crippen LogP contribution < -0.4 is 0 Å². The van der Waals surface area contributed by atoms with Gasteiger partial charge in [-0.15, -0.1) is 0 Å². The van der Waals surface area contributed by atoms with E-state index in [0.29, 0.717) is 5.75 Å². The molecule has 1 N–H and O–H groups in total. The molecule has 0 saturated carbocycles. The Morgan fingerprint density at radius 1 is 1.14 bits per heavy atom. The number of amidine groups is 1. The Balaban J connectivity index is 1.94. The second kappa shape index (κ2) is 4.61. The molecule has 0 spiro atoms. The number of hydrogen-bond acceptors (Lipinski definition) is 4. The molecule has 3 nitrogen and oxygen atoms in total. The van der Waals surface area contributed by atoms with Gasteiger partial charge in [-0.1, -0.05) is 60.3 Å². The van der Waals surface area contributed by atoms with Crippen LogP contribution in [0.25, 0.3) is 0 Å². The minimum absolute atomic E-state index is 0.0138. The third-order valence-corrected chi connectivity index (χ3v) is 5.26. The molecule has 2 aliphatic rings. The minimum Gasteiger partial charge on any atom is -0.370 e. The van der Waals surface area contributed by atoms with E-state index >= 15 is 0 Å². The van der Waals surface area contributed by atoms with Gasteiger partial charge in [0.05, 0.1) is 11.7 Å². The molecule has 4 rings (SSSR count). The number of rotatable bonds is 1. The van der Waals surface area contributed by atoms with E-state index in [-0.39, 0.29) is 6.04 Å². The van der Waals surface area contributed by atoms with E-state index in [9.17, 15) is 5.11 Å². The van der Waals surface area contributed by atoms with E-state index < -0.39 is 5.72 Å². The van der Waals surface area contributed by atoms with Crippen LogP contribution in [0.15, 0.2) is 59.6 Å². The summed E-state index contributed by atoms with van der Waals surface area (Å²) >= 11 is 1.62. The summed E-state index contributed by atoms with van der Waals surface area (Å²) in [6, 6.07) is 18.5. The number of hydrogen-bond donors (Lipinski definition) is 1. The number of fused-ring (bicyclic) bond motifs is 2. The van der Waals surface area contributed by atoms with Crippen molar-refractivity contribution in [2.45, 2.75) is 18.7 Å². The van der Waals surface area contributed by atoms with E-state index in [1.165, 1.54) is 5.56 Å². The maximum atomic E-state index is 10.8. The van der Waals surface area contributed by atoms with Crippen LogP contribution in [0, 0.1) is 0 Å². The molecule has 2 aromatic carbocycles. The van der Waals surface area contributed by atoms with Crippen molar-refractivity contribution < 1.29 is 5.11 Å². The van der Waals surface area contributed by atoms with Crippen LogP contribution in [-0.4, -0.2) is 26.7 Å². The number of aliphatic imine (C=N–C) groups is 1. The van der Waals surface area contributed by atoms with Gasteiger partial charge in [0, 0.05) is 11.3 Å². The Labute approximate surface area is 128 Å². The monoisotopic (exact) mass is 296 g/mol. The van der Waals surface area contributed by atoms with E-state index in [4.69, 9.17) is 4.99 Å². The molecular weight excluding hydrogens is 280 g/mol. The number of para-hydroxylation sites is 1. The lowest BCUT2D eigenvalue weighted by atomic mass is 9.93. The molecule has 106 valence electrons. The van der Waals surface area contributed by atoms with Gasteiger partial charge in [0.25, 0.3) is 0 Å². The molecule has 2 heterocycles. The molecule has 0 amide bonds. The first kappa shape index (κ1) is 12.9. The molecule has 1 fully saturated rings. The Kier molecular flexibility index (Phi) is 2.84. The SMILES string of the molecule is CC1(O)CSC2=Nc3ccccc3[C@H](c3ccccc3)N21. The highest BCUT2D eigenvalue weighted by Crippen LogP contribution is 2.47. The quantitative estimate of drug-likeness (QED) is 0.874. The second-order valence-electron chi connectivity index (χ2n) is 5.64. The van der Waals surface area contributed by atoms with Gasteiger partial charge in [-0.05, 0) is 18.6 Å². The maximum absolute atomic E-state index is 10.8. The highest BCUT2D eigenvalue weighted by Gasteiger charge is 2.46. The molecule has 0 radical (unpaired) electrons. The van der Waals surface area contributed by atoms with Gasteiger partial charge in [-0.2, -0.15) is 0 Å². The first-order valence-electron chi connectivity index (χ1n) is 7.04. The topological polar surface area (TPSA) is 35.8 Å². The third kappa shape index (κ3) is 1.98. The standard InChI is InChI=1S/C17H16N2OS/c1-17(20)11-21-16-18-14-10-6-5-9-13(14)15(19(16)17)12-7-3-2-4-8-12/h2-10,15,20H,11H2,1H3/t15-,17?/m0/s1. The molecule has 4 heteroatoms. The van der Waals surface area contributed by atoms with Gasteiger partial charge < -0.3 is 10.0 Å². The van der Waals surface area contributed by atoms with Crippen molar-refractivity contribution in [1.29, 1.82) is 0 Å². The van der Waals surface area contributed by atoms with Gasteiger partial charge in [0.15, 0.2) is 5.17 Å². The van der Waals surface area contributed by atoms with Crippen LogP contribution >= 0.6 is 11.8 Å². The zero-order chi connectivity index (χ0) is 14.4. The molecule has 1 saturated heterocycles. The first-order valence-corrected chi connectivity index (χ1v) is 8.02. The fourth-order valence-corrected chi connectivity index (χ4v) is 4.19. The normalized spacial score (nSPS) is 27.0. The van der Waals surface area contributed by atoms with Crippen LogP contribution in [0.4, 0.5) is 5.69 Å². The molecular formula is C17H16N2OS. The highest BCUT2D eigenvalue weighted by atomic mass is 32.2. The molecule has 2 atom stereocenters. The van der Waals surface area contributed by atoms with E-state index in [1.807, 2.05) is 43.3 Å². The number of nitrogens with zero attached hydrogens (tertiary/aromatic N) is 2. The highest BCUT2D eigenvalue weighted by molar-refractivity contribution is 8.14. The minimum atomic E-state index is -0.877. The van der Waals surface area contributed by atoms with Gasteiger partial charge in [0.1, 0.15) is 5.72 Å². The molecule has 21 heavy (non-hydrogen) atoms. The van der Waals surface area contributed by atoms with E-state index in [1.54, 1.807) is 11.8 Å². The van der Waals surface area contributed by atoms with Crippen LogP contribution in [0.3, 0.4) is 0 Å². The van der Waals surface area contributed by atoms with Gasteiger partial charge in [0.2, 0.25) is 0 Å². The van der Waals surface area contributed by atoms with E-state index in [0.717, 1.165) is 16.4 Å². The third-order valence-electron chi connectivity index (χ3n) is 4.02. The van der Waals surface area contributed by atoms with Crippen LogP contribution in [0.2, 0.25) is 0 Å². The Hall–Kier alpha value is -1.78. The molecule has 0 bridgehead atoms. The van der Waals surface area contributed by atoms with Crippen molar-refractivity contribution in [1.82, 2.24) is 4.90 Å². The zero-order valence-electron chi connectivity index (χ0n) is 11.7. The molecule has 1 unspecified atom stereocenters. The van der Waals surface area contributed by atoms with Gasteiger partial charge in [-0.25, -0.2) is 4.99 Å². The fraction of sp³-hybridized carbons (Fsp3) is 0.235. The summed E-state index contributed by atoms with van der Waals surface area (Å²) in [7, 11) is 0. The summed E-state index contributed by atoms with van der Waals surface area (Å²) in [5, 5.41) is 11.7. The summed E-state index contributed by atoms with van der Waals surface area (Å²) in [6.45, 7) is 1.87. The fourth-order valence-electron chi connectivity index (χ4n) is 3.05. The number of benzene rings is 2. The summed E-state index contributed by atoms with van der Waals surface area (Å²) in [4.78, 5) is 6.78. The lowest BCUT2D eigenvalue weighted by Gasteiger charge is -2.41. The van der Waals surface area contributed by atoms with Crippen molar-refractivity contribution in [2.75, 3.05) is 5.75 Å². The predicted octanol–water partition coefficient (Wildman–Crippen LogP) is 3.53. The lowest BCUT2D eigenvalue weighted by Crippen LogP contribution is -2.48. The van der Waals surface area contributed by atoms with E-state index in [2.05, 4.69) is 23.1 Å². The van der Waals surface area contributed by atoms with Gasteiger partial charge in [-0.3, -0.25) is 0 Å². The van der Waals surface area contributed by atoms with Crippen molar-refractivity contribution in [2.24, 2.45) is 4.99 Å². The average molecular weight is 296 g/mol. The Morgan fingerprint density at radius 3 is 2.67 bits per heavy atom. The van der Waals surface area contributed by atoms with Crippen molar-refractivity contribution >= 4 is 22.6 Å². The summed E-state index contributed by atoms with van der Waals surface area (Å²) < 4.78 is 0. The Bertz CT molecular complexity index is 712. The average Bonchev–Trinajstić information content (AvgIpc) is 2.81. The van der Waals surface area contributed by atoms with Crippen molar-refractivity contribution in [3.63, 3.8) is 0 Å². The zero-order valence-corrected chi connectivity index (χ0v) is 12.5. The maximum Gasteiger partial charge on any atom is 0.167 e. The first-order chi connectivity index (χ1) is 10.2. The van der Waals surface area contributed by atoms with Crippen molar-refractivity contribution in [3.05, 3.63) is 65.7 Å². The van der Waals surface area contributed by atoms with Crippen molar-refractivity contribution in [3.8, 4) is 0 Å². The Morgan fingerprint density at radius 2 is 1.86 bits per heavy atom. The van der Waals surface area contributed by atoms with Gasteiger partial charge >= 0.3 is 0 Å². The smallest absolute Gasteiger partial charge is 0.167 e.